The second-order valence-electron chi connectivity index (χ2n) is 4.35. The van der Waals surface area contributed by atoms with Crippen LogP contribution in [0.2, 0.25) is 5.02 Å². The van der Waals surface area contributed by atoms with Crippen LogP contribution >= 0.6 is 11.6 Å². The van der Waals surface area contributed by atoms with E-state index >= 15 is 0 Å². The topological polar surface area (TPSA) is 38.9 Å². The van der Waals surface area contributed by atoms with Gasteiger partial charge in [0.25, 0.3) is 0 Å². The summed E-state index contributed by atoms with van der Waals surface area (Å²) in [7, 11) is 0. The number of aromatic nitrogens is 1. The number of pyridine rings is 1. The fourth-order valence-corrected chi connectivity index (χ4v) is 2.22. The van der Waals surface area contributed by atoms with Crippen molar-refractivity contribution in [2.24, 2.45) is 5.73 Å². The highest BCUT2D eigenvalue weighted by atomic mass is 35.5. The average molecular weight is 261 g/mol. The average Bonchev–Trinajstić information content (AvgIpc) is 2.40. The maximum Gasteiger partial charge on any atom is 0.0409 e. The van der Waals surface area contributed by atoms with Crippen molar-refractivity contribution in [1.29, 1.82) is 0 Å². The van der Waals surface area contributed by atoms with Crippen LogP contribution in [0, 0.1) is 0 Å². The van der Waals surface area contributed by atoms with Gasteiger partial charge in [0, 0.05) is 16.9 Å². The van der Waals surface area contributed by atoms with Crippen molar-refractivity contribution < 1.29 is 0 Å². The molecule has 1 atom stereocenters. The van der Waals surface area contributed by atoms with Crippen molar-refractivity contribution in [1.82, 2.24) is 4.98 Å². The van der Waals surface area contributed by atoms with Gasteiger partial charge in [-0.05, 0) is 55.1 Å². The Morgan fingerprint density at radius 1 is 1.11 bits per heavy atom. The van der Waals surface area contributed by atoms with Gasteiger partial charge in [0.05, 0.1) is 0 Å². The van der Waals surface area contributed by atoms with E-state index in [-0.39, 0.29) is 0 Å². The van der Waals surface area contributed by atoms with Crippen LogP contribution in [0.25, 0.3) is 0 Å². The maximum atomic E-state index is 5.92. The van der Waals surface area contributed by atoms with Crippen LogP contribution < -0.4 is 5.73 Å². The molecule has 1 unspecified atom stereocenters. The van der Waals surface area contributed by atoms with Crippen molar-refractivity contribution >= 4 is 11.6 Å². The van der Waals surface area contributed by atoms with Gasteiger partial charge in [-0.2, -0.15) is 0 Å². The molecule has 0 fully saturated rings. The van der Waals surface area contributed by atoms with Gasteiger partial charge in [-0.15, -0.1) is 0 Å². The second-order valence-corrected chi connectivity index (χ2v) is 4.79. The highest BCUT2D eigenvalue weighted by Gasteiger charge is 2.12. The van der Waals surface area contributed by atoms with Crippen molar-refractivity contribution in [2.75, 3.05) is 6.54 Å². The minimum Gasteiger partial charge on any atom is -0.330 e. The molecule has 0 aliphatic carbocycles. The van der Waals surface area contributed by atoms with E-state index in [4.69, 9.17) is 17.3 Å². The van der Waals surface area contributed by atoms with E-state index in [9.17, 15) is 0 Å². The Bertz CT molecular complexity index is 468. The SMILES string of the molecule is NCCC(Cc1ccccn1)c1ccc(Cl)cc1. The molecule has 1 aromatic heterocycles. The van der Waals surface area contributed by atoms with Crippen molar-refractivity contribution in [2.45, 2.75) is 18.8 Å². The molecule has 0 aliphatic heterocycles. The van der Waals surface area contributed by atoms with Crippen LogP contribution in [-0.2, 0) is 6.42 Å². The Labute approximate surface area is 113 Å². The number of benzene rings is 1. The first-order valence-electron chi connectivity index (χ1n) is 6.15. The molecule has 0 radical (unpaired) electrons. The van der Waals surface area contributed by atoms with E-state index in [1.54, 1.807) is 0 Å². The largest absolute Gasteiger partial charge is 0.330 e. The zero-order valence-electron chi connectivity index (χ0n) is 10.2. The fraction of sp³-hybridized carbons (Fsp3) is 0.267. The summed E-state index contributed by atoms with van der Waals surface area (Å²) in [6, 6.07) is 14.0. The number of nitrogens with two attached hydrogens (primary N) is 1. The minimum absolute atomic E-state index is 0.405. The number of nitrogens with zero attached hydrogens (tertiary/aromatic N) is 1. The van der Waals surface area contributed by atoms with Crippen molar-refractivity contribution in [3.8, 4) is 0 Å². The molecule has 3 heteroatoms. The number of rotatable bonds is 5. The van der Waals surface area contributed by atoms with Gasteiger partial charge in [0.2, 0.25) is 0 Å². The quantitative estimate of drug-likeness (QED) is 0.895. The molecule has 0 bridgehead atoms. The lowest BCUT2D eigenvalue weighted by Crippen LogP contribution is -2.10. The predicted octanol–water partition coefficient (Wildman–Crippen LogP) is 3.41. The minimum atomic E-state index is 0.405. The molecule has 0 spiro atoms. The van der Waals surface area contributed by atoms with Gasteiger partial charge in [0.15, 0.2) is 0 Å². The number of hydrogen-bond acceptors (Lipinski definition) is 2. The van der Waals surface area contributed by atoms with E-state index in [0.29, 0.717) is 12.5 Å². The predicted molar refractivity (Wildman–Crippen MR) is 75.8 cm³/mol. The summed E-state index contributed by atoms with van der Waals surface area (Å²) in [5, 5.41) is 0.767. The van der Waals surface area contributed by atoms with E-state index in [2.05, 4.69) is 23.2 Å². The lowest BCUT2D eigenvalue weighted by molar-refractivity contribution is 0.621. The molecular formula is C15H17ClN2. The monoisotopic (exact) mass is 260 g/mol. The molecular weight excluding hydrogens is 244 g/mol. The molecule has 0 amide bonds. The van der Waals surface area contributed by atoms with E-state index in [1.807, 2.05) is 30.5 Å². The van der Waals surface area contributed by atoms with Crippen molar-refractivity contribution in [3.05, 3.63) is 64.9 Å². The zero-order valence-corrected chi connectivity index (χ0v) is 11.0. The molecule has 0 saturated heterocycles. The summed E-state index contributed by atoms with van der Waals surface area (Å²) < 4.78 is 0. The summed E-state index contributed by atoms with van der Waals surface area (Å²) in [5.41, 5.74) is 8.08. The molecule has 2 rings (SSSR count). The van der Waals surface area contributed by atoms with Gasteiger partial charge >= 0.3 is 0 Å². The van der Waals surface area contributed by atoms with E-state index in [0.717, 1.165) is 23.6 Å². The molecule has 2 aromatic rings. The highest BCUT2D eigenvalue weighted by Crippen LogP contribution is 2.24. The number of halogens is 1. The first kappa shape index (κ1) is 13.1. The molecule has 1 heterocycles. The van der Waals surface area contributed by atoms with Gasteiger partial charge in [-0.3, -0.25) is 4.98 Å². The van der Waals surface area contributed by atoms with Gasteiger partial charge in [-0.25, -0.2) is 0 Å². The lowest BCUT2D eigenvalue weighted by Gasteiger charge is -2.16. The molecule has 0 aliphatic rings. The maximum absolute atomic E-state index is 5.92. The fourth-order valence-electron chi connectivity index (χ4n) is 2.09. The van der Waals surface area contributed by atoms with Crippen LogP contribution in [0.4, 0.5) is 0 Å². The van der Waals surface area contributed by atoms with Gasteiger partial charge < -0.3 is 5.73 Å². The smallest absolute Gasteiger partial charge is 0.0409 e. The molecule has 2 N–H and O–H groups in total. The Morgan fingerprint density at radius 2 is 1.89 bits per heavy atom. The third-order valence-electron chi connectivity index (χ3n) is 3.04. The molecule has 1 aromatic carbocycles. The van der Waals surface area contributed by atoms with Gasteiger partial charge in [-0.1, -0.05) is 29.8 Å². The summed E-state index contributed by atoms with van der Waals surface area (Å²) in [4.78, 5) is 4.38. The Kier molecular flexibility index (Phi) is 4.73. The van der Waals surface area contributed by atoms with Crippen LogP contribution in [0.5, 0.6) is 0 Å². The summed E-state index contributed by atoms with van der Waals surface area (Å²) in [6.45, 7) is 0.681. The zero-order chi connectivity index (χ0) is 12.8. The first-order chi connectivity index (χ1) is 8.79. The highest BCUT2D eigenvalue weighted by molar-refractivity contribution is 6.30. The molecule has 0 saturated carbocycles. The molecule has 18 heavy (non-hydrogen) atoms. The van der Waals surface area contributed by atoms with E-state index < -0.39 is 0 Å². The standard InChI is InChI=1S/C15H17ClN2/c16-14-6-4-12(5-7-14)13(8-9-17)11-15-3-1-2-10-18-15/h1-7,10,13H,8-9,11,17H2. The number of hydrogen-bond donors (Lipinski definition) is 1. The molecule has 2 nitrogen and oxygen atoms in total. The third-order valence-corrected chi connectivity index (χ3v) is 3.29. The Balaban J connectivity index is 2.15. The lowest BCUT2D eigenvalue weighted by atomic mass is 9.91. The van der Waals surface area contributed by atoms with Crippen LogP contribution in [-0.4, -0.2) is 11.5 Å². The summed E-state index contributed by atoms with van der Waals surface area (Å²) >= 11 is 5.92. The van der Waals surface area contributed by atoms with Crippen molar-refractivity contribution in [3.63, 3.8) is 0 Å². The summed E-state index contributed by atoms with van der Waals surface area (Å²) in [6.07, 6.45) is 3.70. The molecule has 94 valence electrons. The normalized spacial score (nSPS) is 12.3. The first-order valence-corrected chi connectivity index (χ1v) is 6.53. The summed E-state index contributed by atoms with van der Waals surface area (Å²) in [5.74, 6) is 0.405. The van der Waals surface area contributed by atoms with Crippen LogP contribution in [0.1, 0.15) is 23.6 Å². The third kappa shape index (κ3) is 3.56. The van der Waals surface area contributed by atoms with Crippen LogP contribution in [0.3, 0.4) is 0 Å². The second kappa shape index (κ2) is 6.53. The van der Waals surface area contributed by atoms with Crippen LogP contribution in [0.15, 0.2) is 48.7 Å². The Hall–Kier alpha value is -1.38. The van der Waals surface area contributed by atoms with E-state index in [1.165, 1.54) is 5.56 Å². The Morgan fingerprint density at radius 3 is 2.50 bits per heavy atom. The van der Waals surface area contributed by atoms with Gasteiger partial charge in [0.1, 0.15) is 0 Å².